The highest BCUT2D eigenvalue weighted by atomic mass is 35.5. The molecular formula is C19H19ClF2N2O4S. The lowest BCUT2D eigenvalue weighted by molar-refractivity contribution is 0.115. The number of hydrogen-bond acceptors (Lipinski definition) is 4. The van der Waals surface area contributed by atoms with Gasteiger partial charge in [-0.15, -0.1) is 0 Å². The summed E-state index contributed by atoms with van der Waals surface area (Å²) in [6.45, 7) is 2.05. The van der Waals surface area contributed by atoms with E-state index in [1.165, 1.54) is 29.2 Å². The number of hydrogen-bond donors (Lipinski definition) is 0. The molecule has 2 aromatic rings. The van der Waals surface area contributed by atoms with Crippen LogP contribution in [0.5, 0.6) is 0 Å². The molecule has 1 amide bonds. The van der Waals surface area contributed by atoms with Gasteiger partial charge in [-0.2, -0.15) is 0 Å². The molecule has 1 atom stereocenters. The third kappa shape index (κ3) is 4.45. The molecule has 10 heteroatoms. The fourth-order valence-corrected chi connectivity index (χ4v) is 5.01. The van der Waals surface area contributed by atoms with E-state index in [0.29, 0.717) is 5.02 Å². The van der Waals surface area contributed by atoms with Crippen LogP contribution in [0.2, 0.25) is 5.02 Å². The van der Waals surface area contributed by atoms with Crippen molar-refractivity contribution in [1.82, 2.24) is 4.90 Å². The minimum atomic E-state index is -4.27. The van der Waals surface area contributed by atoms with Gasteiger partial charge in [0.05, 0.1) is 23.2 Å². The number of anilines is 1. The molecule has 1 aliphatic heterocycles. The van der Waals surface area contributed by atoms with Crippen molar-refractivity contribution in [2.24, 2.45) is 0 Å². The number of carbonyl (C=O) groups is 1. The summed E-state index contributed by atoms with van der Waals surface area (Å²) in [5.41, 5.74) is -0.421. The van der Waals surface area contributed by atoms with Crippen LogP contribution >= 0.6 is 11.6 Å². The second-order valence-corrected chi connectivity index (χ2v) is 8.69. The number of amides is 1. The van der Waals surface area contributed by atoms with Crippen LogP contribution in [0.4, 0.5) is 19.3 Å². The molecule has 0 saturated carbocycles. The third-order valence-electron chi connectivity index (χ3n) is 4.54. The number of sulfonamides is 1. The van der Waals surface area contributed by atoms with Gasteiger partial charge in [-0.25, -0.2) is 22.0 Å². The van der Waals surface area contributed by atoms with Gasteiger partial charge in [0.2, 0.25) is 0 Å². The van der Waals surface area contributed by atoms with E-state index >= 15 is 0 Å². The Kier molecular flexibility index (Phi) is 6.28. The number of likely N-dealkylation sites (tertiary alicyclic amines) is 1. The first kappa shape index (κ1) is 21.3. The quantitative estimate of drug-likeness (QED) is 0.698. The summed E-state index contributed by atoms with van der Waals surface area (Å²) in [6.07, 6.45) is -0.347. The molecule has 0 unspecified atom stereocenters. The second-order valence-electron chi connectivity index (χ2n) is 6.44. The van der Waals surface area contributed by atoms with Crippen molar-refractivity contribution in [3.05, 3.63) is 59.1 Å². The number of ether oxygens (including phenoxy) is 1. The van der Waals surface area contributed by atoms with Crippen molar-refractivity contribution in [2.45, 2.75) is 24.3 Å². The van der Waals surface area contributed by atoms with Gasteiger partial charge in [-0.1, -0.05) is 11.6 Å². The molecule has 0 bridgehead atoms. The van der Waals surface area contributed by atoms with Gasteiger partial charge >= 0.3 is 6.09 Å². The van der Waals surface area contributed by atoms with E-state index in [1.54, 1.807) is 6.92 Å². The van der Waals surface area contributed by atoms with Crippen molar-refractivity contribution < 1.29 is 26.7 Å². The van der Waals surface area contributed by atoms with E-state index in [0.717, 1.165) is 22.5 Å². The Morgan fingerprint density at radius 2 is 1.93 bits per heavy atom. The Morgan fingerprint density at radius 1 is 1.24 bits per heavy atom. The van der Waals surface area contributed by atoms with E-state index in [-0.39, 0.29) is 31.0 Å². The molecule has 2 aromatic carbocycles. The van der Waals surface area contributed by atoms with E-state index in [1.807, 2.05) is 0 Å². The van der Waals surface area contributed by atoms with Crippen LogP contribution in [0, 0.1) is 11.6 Å². The molecule has 6 nitrogen and oxygen atoms in total. The van der Waals surface area contributed by atoms with Crippen molar-refractivity contribution >= 4 is 33.4 Å². The Labute approximate surface area is 172 Å². The summed E-state index contributed by atoms with van der Waals surface area (Å²) in [6, 6.07) is 7.19. The van der Waals surface area contributed by atoms with Gasteiger partial charge in [-0.3, -0.25) is 4.31 Å². The summed E-state index contributed by atoms with van der Waals surface area (Å²) in [7, 11) is -4.27. The Bertz CT molecular complexity index is 1000. The summed E-state index contributed by atoms with van der Waals surface area (Å²) < 4.78 is 60.9. The first-order valence-corrected chi connectivity index (χ1v) is 10.7. The monoisotopic (exact) mass is 444 g/mol. The van der Waals surface area contributed by atoms with Crippen molar-refractivity contribution in [1.29, 1.82) is 0 Å². The lowest BCUT2D eigenvalue weighted by atomic mass is 10.2. The van der Waals surface area contributed by atoms with Crippen LogP contribution in [0.3, 0.4) is 0 Å². The van der Waals surface area contributed by atoms with Crippen molar-refractivity contribution in [3.63, 3.8) is 0 Å². The van der Waals surface area contributed by atoms with E-state index in [2.05, 4.69) is 0 Å². The Balaban J connectivity index is 2.05. The molecule has 1 fully saturated rings. The van der Waals surface area contributed by atoms with E-state index < -0.39 is 39.5 Å². The first-order valence-electron chi connectivity index (χ1n) is 8.90. The number of rotatable bonds is 5. The SMILES string of the molecule is CCOC(=O)N1CC[C@@H](N(c2cc(F)ccc2F)S(=O)(=O)c2ccc(Cl)cc2)C1. The lowest BCUT2D eigenvalue weighted by Crippen LogP contribution is -2.43. The summed E-state index contributed by atoms with van der Waals surface area (Å²) in [5, 5.41) is 0.335. The lowest BCUT2D eigenvalue weighted by Gasteiger charge is -2.30. The molecule has 156 valence electrons. The largest absolute Gasteiger partial charge is 0.450 e. The predicted octanol–water partition coefficient (Wildman–Crippen LogP) is 4.04. The molecule has 29 heavy (non-hydrogen) atoms. The van der Waals surface area contributed by atoms with Gasteiger partial charge < -0.3 is 9.64 Å². The van der Waals surface area contributed by atoms with Crippen LogP contribution in [-0.4, -0.2) is 45.1 Å². The maximum absolute atomic E-state index is 14.6. The van der Waals surface area contributed by atoms with Crippen LogP contribution in [-0.2, 0) is 14.8 Å². The Morgan fingerprint density at radius 3 is 2.59 bits per heavy atom. The van der Waals surface area contributed by atoms with Crippen LogP contribution in [0.1, 0.15) is 13.3 Å². The summed E-state index contributed by atoms with van der Waals surface area (Å²) >= 11 is 5.84. The maximum atomic E-state index is 14.6. The van der Waals surface area contributed by atoms with E-state index in [9.17, 15) is 22.0 Å². The highest BCUT2D eigenvalue weighted by molar-refractivity contribution is 7.92. The van der Waals surface area contributed by atoms with E-state index in [4.69, 9.17) is 16.3 Å². The average molecular weight is 445 g/mol. The third-order valence-corrected chi connectivity index (χ3v) is 6.67. The van der Waals surface area contributed by atoms with Crippen LogP contribution in [0.15, 0.2) is 47.4 Å². The molecule has 0 spiro atoms. The molecule has 3 rings (SSSR count). The zero-order chi connectivity index (χ0) is 21.2. The maximum Gasteiger partial charge on any atom is 0.409 e. The van der Waals surface area contributed by atoms with Gasteiger partial charge in [0.15, 0.2) is 0 Å². The number of benzene rings is 2. The number of carbonyl (C=O) groups excluding carboxylic acids is 1. The molecule has 1 aliphatic rings. The Hall–Kier alpha value is -2.39. The summed E-state index contributed by atoms with van der Waals surface area (Å²) in [4.78, 5) is 13.2. The molecule has 1 heterocycles. The number of nitrogens with zero attached hydrogens (tertiary/aromatic N) is 2. The highest BCUT2D eigenvalue weighted by Crippen LogP contribution is 2.33. The average Bonchev–Trinajstić information content (AvgIpc) is 3.15. The van der Waals surface area contributed by atoms with Gasteiger partial charge in [0.25, 0.3) is 10.0 Å². The molecule has 0 aliphatic carbocycles. The smallest absolute Gasteiger partial charge is 0.409 e. The standard InChI is InChI=1S/C19H19ClF2N2O4S/c1-2-28-19(25)23-10-9-15(12-23)24(18-11-14(21)5-8-17(18)22)29(26,27)16-6-3-13(20)4-7-16/h3-8,11,15H,2,9-10,12H2,1H3/t15-/m1/s1. The van der Waals surface area contributed by atoms with Gasteiger partial charge in [-0.05, 0) is 49.7 Å². The molecule has 0 aromatic heterocycles. The van der Waals surface area contributed by atoms with Crippen LogP contribution in [0.25, 0.3) is 0 Å². The zero-order valence-corrected chi connectivity index (χ0v) is 17.1. The summed E-state index contributed by atoms with van der Waals surface area (Å²) in [5.74, 6) is -1.67. The molecule has 1 saturated heterocycles. The van der Waals surface area contributed by atoms with Crippen LogP contribution < -0.4 is 4.31 Å². The molecule has 0 N–H and O–H groups in total. The second kappa shape index (κ2) is 8.54. The zero-order valence-electron chi connectivity index (χ0n) is 15.5. The normalized spacial score (nSPS) is 16.7. The van der Waals surface area contributed by atoms with Crippen molar-refractivity contribution in [3.8, 4) is 0 Å². The topological polar surface area (TPSA) is 66.9 Å². The van der Waals surface area contributed by atoms with Crippen molar-refractivity contribution in [2.75, 3.05) is 24.0 Å². The minimum Gasteiger partial charge on any atom is -0.450 e. The number of halogens is 3. The highest BCUT2D eigenvalue weighted by Gasteiger charge is 2.39. The fraction of sp³-hybridized carbons (Fsp3) is 0.316. The van der Waals surface area contributed by atoms with Gasteiger partial charge in [0.1, 0.15) is 11.6 Å². The predicted molar refractivity (Wildman–Crippen MR) is 104 cm³/mol. The van der Waals surface area contributed by atoms with Gasteiger partial charge in [0, 0.05) is 24.2 Å². The molecule has 0 radical (unpaired) electrons. The minimum absolute atomic E-state index is 0.0123. The molecular weight excluding hydrogens is 426 g/mol. The fourth-order valence-electron chi connectivity index (χ4n) is 3.21. The first-order chi connectivity index (χ1) is 13.7.